The first-order valence-electron chi connectivity index (χ1n) is 10.4. The molecule has 0 aromatic carbocycles. The monoisotopic (exact) mass is 324 g/mol. The second-order valence-corrected chi connectivity index (χ2v) is 7.71. The average Bonchev–Trinajstić information content (AvgIpc) is 2.54. The van der Waals surface area contributed by atoms with Gasteiger partial charge in [-0.05, 0) is 38.8 Å². The molecule has 0 aliphatic carbocycles. The predicted molar refractivity (Wildman–Crippen MR) is 99.0 cm³/mol. The van der Waals surface area contributed by atoms with Gasteiger partial charge in [-0.25, -0.2) is 0 Å². The van der Waals surface area contributed by atoms with E-state index in [-0.39, 0.29) is 0 Å². The van der Waals surface area contributed by atoms with Crippen LogP contribution < -0.4 is 5.32 Å². The molecule has 0 radical (unpaired) electrons. The van der Waals surface area contributed by atoms with Gasteiger partial charge in [-0.1, -0.05) is 58.8 Å². The fraction of sp³-hybridized carbons (Fsp3) is 1.00. The fourth-order valence-electron chi connectivity index (χ4n) is 4.04. The molecule has 2 aliphatic rings. The molecule has 0 aromatic rings. The molecule has 2 heterocycles. The van der Waals surface area contributed by atoms with Crippen LogP contribution in [0.2, 0.25) is 0 Å². The van der Waals surface area contributed by atoms with Crippen LogP contribution in [0, 0.1) is 0 Å². The number of hydrogen-bond donors (Lipinski definition) is 1. The van der Waals surface area contributed by atoms with Crippen molar-refractivity contribution in [2.45, 2.75) is 103 Å². The summed E-state index contributed by atoms with van der Waals surface area (Å²) < 4.78 is 5.28. The van der Waals surface area contributed by atoms with E-state index in [1.54, 1.807) is 0 Å². The summed E-state index contributed by atoms with van der Waals surface area (Å²) in [5.74, 6) is 0. The van der Waals surface area contributed by atoms with E-state index in [2.05, 4.69) is 24.1 Å². The molecule has 2 saturated heterocycles. The van der Waals surface area contributed by atoms with Crippen LogP contribution in [0.3, 0.4) is 0 Å². The Labute approximate surface area is 144 Å². The summed E-state index contributed by atoms with van der Waals surface area (Å²) in [6.07, 6.45) is 15.3. The third kappa shape index (κ3) is 7.11. The molecule has 2 fully saturated rings. The van der Waals surface area contributed by atoms with Gasteiger partial charge in [0.15, 0.2) is 0 Å². The number of nitrogens with one attached hydrogen (secondary N) is 1. The van der Waals surface area contributed by atoms with Crippen LogP contribution in [-0.2, 0) is 4.74 Å². The topological polar surface area (TPSA) is 24.5 Å². The largest absolute Gasteiger partial charge is 0.378 e. The number of ether oxygens (including phenoxy) is 1. The highest BCUT2D eigenvalue weighted by atomic mass is 16.5. The first kappa shape index (κ1) is 19.2. The minimum Gasteiger partial charge on any atom is -0.378 e. The standard InChI is InChI=1S/C20H40N2O/c1-3-5-7-9-11-20(10-8-6-4-2)22-14-12-18(13-15-22)21-19-16-23-17-19/h18-21H,3-17H2,1-2H3. The summed E-state index contributed by atoms with van der Waals surface area (Å²) in [5.41, 5.74) is 0. The van der Waals surface area contributed by atoms with E-state index in [0.717, 1.165) is 25.3 Å². The summed E-state index contributed by atoms with van der Waals surface area (Å²) in [6, 6.07) is 2.23. The summed E-state index contributed by atoms with van der Waals surface area (Å²) in [5, 5.41) is 3.78. The third-order valence-corrected chi connectivity index (χ3v) is 5.69. The quantitative estimate of drug-likeness (QED) is 0.540. The van der Waals surface area contributed by atoms with Gasteiger partial charge in [0.05, 0.1) is 19.3 Å². The second kappa shape index (κ2) is 11.4. The van der Waals surface area contributed by atoms with Gasteiger partial charge in [0.1, 0.15) is 0 Å². The van der Waals surface area contributed by atoms with Crippen molar-refractivity contribution in [1.29, 1.82) is 0 Å². The second-order valence-electron chi connectivity index (χ2n) is 7.71. The lowest BCUT2D eigenvalue weighted by molar-refractivity contribution is -0.0147. The van der Waals surface area contributed by atoms with E-state index in [1.807, 2.05) is 0 Å². The Morgan fingerprint density at radius 1 is 0.870 bits per heavy atom. The molecule has 1 N–H and O–H groups in total. The van der Waals surface area contributed by atoms with Crippen LogP contribution in [0.15, 0.2) is 0 Å². The summed E-state index contributed by atoms with van der Waals surface area (Å²) in [4.78, 5) is 2.82. The van der Waals surface area contributed by atoms with E-state index >= 15 is 0 Å². The van der Waals surface area contributed by atoms with Gasteiger partial charge in [0.25, 0.3) is 0 Å². The first-order valence-corrected chi connectivity index (χ1v) is 10.4. The van der Waals surface area contributed by atoms with Crippen molar-refractivity contribution >= 4 is 0 Å². The molecule has 0 spiro atoms. The van der Waals surface area contributed by atoms with Crippen molar-refractivity contribution < 1.29 is 4.74 Å². The molecule has 3 nitrogen and oxygen atoms in total. The Morgan fingerprint density at radius 3 is 2.04 bits per heavy atom. The number of rotatable bonds is 12. The normalized spacial score (nSPS) is 22.2. The van der Waals surface area contributed by atoms with E-state index < -0.39 is 0 Å². The maximum Gasteiger partial charge on any atom is 0.0643 e. The lowest BCUT2D eigenvalue weighted by Gasteiger charge is -2.40. The lowest BCUT2D eigenvalue weighted by atomic mass is 9.96. The van der Waals surface area contributed by atoms with Crippen molar-refractivity contribution in [2.75, 3.05) is 26.3 Å². The number of hydrogen-bond acceptors (Lipinski definition) is 3. The zero-order valence-electron chi connectivity index (χ0n) is 15.7. The van der Waals surface area contributed by atoms with Gasteiger partial charge in [0, 0.05) is 12.1 Å². The SMILES string of the molecule is CCCCCCC(CCCCC)N1CCC(NC2COC2)CC1. The van der Waals surface area contributed by atoms with Gasteiger partial charge >= 0.3 is 0 Å². The van der Waals surface area contributed by atoms with Crippen LogP contribution >= 0.6 is 0 Å². The fourth-order valence-corrected chi connectivity index (χ4v) is 4.04. The smallest absolute Gasteiger partial charge is 0.0643 e. The summed E-state index contributed by atoms with van der Waals surface area (Å²) >= 11 is 0. The summed E-state index contributed by atoms with van der Waals surface area (Å²) in [7, 11) is 0. The van der Waals surface area contributed by atoms with E-state index in [1.165, 1.54) is 83.7 Å². The van der Waals surface area contributed by atoms with E-state index in [4.69, 9.17) is 4.74 Å². The number of unbranched alkanes of at least 4 members (excludes halogenated alkanes) is 5. The van der Waals surface area contributed by atoms with Crippen LogP contribution in [0.5, 0.6) is 0 Å². The van der Waals surface area contributed by atoms with E-state index in [9.17, 15) is 0 Å². The van der Waals surface area contributed by atoms with Crippen LogP contribution in [0.1, 0.15) is 84.5 Å². The molecule has 2 aliphatic heterocycles. The van der Waals surface area contributed by atoms with Crippen molar-refractivity contribution in [3.8, 4) is 0 Å². The maximum atomic E-state index is 5.28. The Kier molecular flexibility index (Phi) is 9.55. The Bertz CT molecular complexity index is 285. The lowest BCUT2D eigenvalue weighted by Crippen LogP contribution is -2.54. The van der Waals surface area contributed by atoms with Gasteiger partial charge in [-0.3, -0.25) is 0 Å². The molecule has 0 amide bonds. The molecule has 0 saturated carbocycles. The maximum absolute atomic E-state index is 5.28. The number of likely N-dealkylation sites (tertiary alicyclic amines) is 1. The minimum atomic E-state index is 0.640. The predicted octanol–water partition coefficient (Wildman–Crippen LogP) is 4.36. The third-order valence-electron chi connectivity index (χ3n) is 5.69. The van der Waals surface area contributed by atoms with Crippen LogP contribution in [-0.4, -0.2) is 49.3 Å². The minimum absolute atomic E-state index is 0.640. The van der Waals surface area contributed by atoms with Gasteiger partial charge in [0.2, 0.25) is 0 Å². The molecule has 1 atom stereocenters. The molecule has 0 bridgehead atoms. The summed E-state index contributed by atoms with van der Waals surface area (Å²) in [6.45, 7) is 9.08. The highest BCUT2D eigenvalue weighted by Crippen LogP contribution is 2.22. The van der Waals surface area contributed by atoms with Crippen molar-refractivity contribution in [2.24, 2.45) is 0 Å². The molecular weight excluding hydrogens is 284 g/mol. The molecule has 23 heavy (non-hydrogen) atoms. The van der Waals surface area contributed by atoms with E-state index in [0.29, 0.717) is 6.04 Å². The molecule has 0 aromatic heterocycles. The van der Waals surface area contributed by atoms with Crippen molar-refractivity contribution in [3.05, 3.63) is 0 Å². The highest BCUT2D eigenvalue weighted by Gasteiger charge is 2.27. The van der Waals surface area contributed by atoms with Crippen LogP contribution in [0.4, 0.5) is 0 Å². The molecular formula is C20H40N2O. The average molecular weight is 325 g/mol. The first-order chi connectivity index (χ1) is 11.3. The van der Waals surface area contributed by atoms with Gasteiger partial charge in [-0.15, -0.1) is 0 Å². The molecule has 1 unspecified atom stereocenters. The van der Waals surface area contributed by atoms with Gasteiger partial charge < -0.3 is 15.0 Å². The Morgan fingerprint density at radius 2 is 1.48 bits per heavy atom. The Balaban J connectivity index is 1.68. The zero-order chi connectivity index (χ0) is 16.3. The highest BCUT2D eigenvalue weighted by molar-refractivity contribution is 4.85. The number of nitrogens with zero attached hydrogens (tertiary/aromatic N) is 1. The molecule has 3 heteroatoms. The van der Waals surface area contributed by atoms with Crippen molar-refractivity contribution in [1.82, 2.24) is 10.2 Å². The van der Waals surface area contributed by atoms with Gasteiger partial charge in [-0.2, -0.15) is 0 Å². The molecule has 136 valence electrons. The Hall–Kier alpha value is -0.120. The zero-order valence-corrected chi connectivity index (χ0v) is 15.7. The van der Waals surface area contributed by atoms with Crippen molar-refractivity contribution in [3.63, 3.8) is 0 Å². The van der Waals surface area contributed by atoms with Crippen LogP contribution in [0.25, 0.3) is 0 Å². The number of piperidine rings is 1. The molecule has 2 rings (SSSR count).